The van der Waals surface area contributed by atoms with Gasteiger partial charge in [0.1, 0.15) is 5.75 Å². The van der Waals surface area contributed by atoms with Gasteiger partial charge >= 0.3 is 0 Å². The van der Waals surface area contributed by atoms with E-state index in [9.17, 15) is 4.79 Å². The molecule has 0 atom stereocenters. The lowest BCUT2D eigenvalue weighted by Crippen LogP contribution is -2.36. The van der Waals surface area contributed by atoms with E-state index in [0.717, 1.165) is 54.2 Å². The van der Waals surface area contributed by atoms with E-state index in [1.807, 2.05) is 31.2 Å². The highest BCUT2D eigenvalue weighted by molar-refractivity contribution is 5.81. The number of rotatable bonds is 6. The van der Waals surface area contributed by atoms with Gasteiger partial charge in [0.2, 0.25) is 0 Å². The maximum atomic E-state index is 13.0. The van der Waals surface area contributed by atoms with Crippen LogP contribution in [0.2, 0.25) is 0 Å². The SMILES string of the molecule is CCn1c(=O)c(CNc2ccc(N3CCOCC3)cc2)cc2ccc(OC)cc21. The summed E-state index contributed by atoms with van der Waals surface area (Å²) in [6.45, 7) is 6.48. The number of aromatic nitrogens is 1. The molecule has 0 radical (unpaired) electrons. The molecule has 4 rings (SSSR count). The average molecular weight is 393 g/mol. The highest BCUT2D eigenvalue weighted by atomic mass is 16.5. The van der Waals surface area contributed by atoms with E-state index in [-0.39, 0.29) is 5.56 Å². The minimum absolute atomic E-state index is 0.0330. The summed E-state index contributed by atoms with van der Waals surface area (Å²) in [6, 6.07) is 16.2. The quantitative estimate of drug-likeness (QED) is 0.695. The average Bonchev–Trinajstić information content (AvgIpc) is 2.78. The van der Waals surface area contributed by atoms with E-state index in [0.29, 0.717) is 13.1 Å². The van der Waals surface area contributed by atoms with Crippen molar-refractivity contribution in [3.05, 3.63) is 64.4 Å². The number of benzene rings is 2. The molecule has 1 aliphatic rings. The number of aryl methyl sites for hydroxylation is 1. The number of anilines is 2. The standard InChI is InChI=1S/C23H27N3O3/c1-3-26-22-15-21(28-2)9-4-17(22)14-18(23(26)27)16-24-19-5-7-20(8-6-19)25-10-12-29-13-11-25/h4-9,14-15,24H,3,10-13,16H2,1-2H3. The van der Waals surface area contributed by atoms with Gasteiger partial charge in [-0.2, -0.15) is 0 Å². The van der Waals surface area contributed by atoms with Crippen molar-refractivity contribution in [2.45, 2.75) is 20.0 Å². The molecule has 6 heteroatoms. The number of pyridine rings is 1. The molecule has 2 heterocycles. The Morgan fingerprint density at radius 1 is 1.07 bits per heavy atom. The van der Waals surface area contributed by atoms with Crippen molar-refractivity contribution >= 4 is 22.3 Å². The zero-order valence-electron chi connectivity index (χ0n) is 17.0. The van der Waals surface area contributed by atoms with Crippen molar-refractivity contribution in [1.82, 2.24) is 4.57 Å². The Kier molecular flexibility index (Phi) is 5.71. The van der Waals surface area contributed by atoms with E-state index in [1.165, 1.54) is 5.69 Å². The number of morpholine rings is 1. The van der Waals surface area contributed by atoms with Crippen LogP contribution < -0.4 is 20.5 Å². The normalized spacial score (nSPS) is 14.2. The molecular formula is C23H27N3O3. The highest BCUT2D eigenvalue weighted by Gasteiger charge is 2.12. The van der Waals surface area contributed by atoms with Crippen molar-refractivity contribution in [1.29, 1.82) is 0 Å². The summed E-state index contributed by atoms with van der Waals surface area (Å²) in [4.78, 5) is 15.3. The fourth-order valence-corrected chi connectivity index (χ4v) is 3.79. The van der Waals surface area contributed by atoms with Gasteiger partial charge in [0.15, 0.2) is 0 Å². The van der Waals surface area contributed by atoms with Crippen molar-refractivity contribution in [2.24, 2.45) is 0 Å². The Bertz CT molecular complexity index is 1040. The summed E-state index contributed by atoms with van der Waals surface area (Å²) in [5, 5.41) is 4.42. The Morgan fingerprint density at radius 3 is 2.52 bits per heavy atom. The van der Waals surface area contributed by atoms with E-state index >= 15 is 0 Å². The van der Waals surface area contributed by atoms with Crippen LogP contribution in [-0.2, 0) is 17.8 Å². The monoisotopic (exact) mass is 393 g/mol. The van der Waals surface area contributed by atoms with Gasteiger partial charge in [0, 0.05) is 49.2 Å². The van der Waals surface area contributed by atoms with Crippen LogP contribution >= 0.6 is 0 Å². The molecule has 1 aliphatic heterocycles. The lowest BCUT2D eigenvalue weighted by Gasteiger charge is -2.28. The molecule has 0 saturated carbocycles. The minimum Gasteiger partial charge on any atom is -0.497 e. The predicted octanol–water partition coefficient (Wildman–Crippen LogP) is 3.48. The molecule has 0 amide bonds. The smallest absolute Gasteiger partial charge is 0.256 e. The Balaban J connectivity index is 1.53. The van der Waals surface area contributed by atoms with Crippen LogP contribution in [0.3, 0.4) is 0 Å². The lowest BCUT2D eigenvalue weighted by atomic mass is 10.1. The summed E-state index contributed by atoms with van der Waals surface area (Å²) < 4.78 is 12.5. The molecule has 0 aliphatic carbocycles. The zero-order valence-corrected chi connectivity index (χ0v) is 17.0. The van der Waals surface area contributed by atoms with Gasteiger partial charge in [-0.05, 0) is 54.8 Å². The highest BCUT2D eigenvalue weighted by Crippen LogP contribution is 2.22. The molecule has 3 aromatic rings. The van der Waals surface area contributed by atoms with Gasteiger partial charge in [0.25, 0.3) is 5.56 Å². The van der Waals surface area contributed by atoms with Crippen molar-refractivity contribution in [3.63, 3.8) is 0 Å². The second-order valence-electron chi connectivity index (χ2n) is 7.14. The van der Waals surface area contributed by atoms with Crippen LogP contribution in [-0.4, -0.2) is 38.0 Å². The first-order valence-electron chi connectivity index (χ1n) is 10.1. The van der Waals surface area contributed by atoms with Crippen LogP contribution in [0.4, 0.5) is 11.4 Å². The van der Waals surface area contributed by atoms with Crippen LogP contribution in [0.1, 0.15) is 12.5 Å². The third kappa shape index (κ3) is 4.07. The topological polar surface area (TPSA) is 55.7 Å². The molecule has 29 heavy (non-hydrogen) atoms. The number of hydrogen-bond donors (Lipinski definition) is 1. The van der Waals surface area contributed by atoms with Gasteiger partial charge in [-0.3, -0.25) is 4.79 Å². The van der Waals surface area contributed by atoms with E-state index in [2.05, 4.69) is 34.5 Å². The minimum atomic E-state index is 0.0330. The number of nitrogens with zero attached hydrogens (tertiary/aromatic N) is 2. The molecule has 152 valence electrons. The second-order valence-corrected chi connectivity index (χ2v) is 7.14. The number of hydrogen-bond acceptors (Lipinski definition) is 5. The predicted molar refractivity (Wildman–Crippen MR) is 117 cm³/mol. The Morgan fingerprint density at radius 2 is 1.83 bits per heavy atom. The van der Waals surface area contributed by atoms with Crippen LogP contribution in [0, 0.1) is 0 Å². The van der Waals surface area contributed by atoms with Crippen molar-refractivity contribution in [3.8, 4) is 5.75 Å². The molecule has 1 N–H and O–H groups in total. The summed E-state index contributed by atoms with van der Waals surface area (Å²) in [5.74, 6) is 0.755. The van der Waals surface area contributed by atoms with Gasteiger partial charge in [-0.15, -0.1) is 0 Å². The molecule has 1 saturated heterocycles. The number of fused-ring (bicyclic) bond motifs is 1. The third-order valence-electron chi connectivity index (χ3n) is 5.42. The molecule has 1 aromatic heterocycles. The van der Waals surface area contributed by atoms with Crippen LogP contribution in [0.25, 0.3) is 10.9 Å². The third-order valence-corrected chi connectivity index (χ3v) is 5.42. The van der Waals surface area contributed by atoms with Gasteiger partial charge in [-0.1, -0.05) is 0 Å². The van der Waals surface area contributed by atoms with Gasteiger partial charge < -0.3 is 24.3 Å². The molecule has 2 aromatic carbocycles. The van der Waals surface area contributed by atoms with Crippen molar-refractivity contribution < 1.29 is 9.47 Å². The number of nitrogens with one attached hydrogen (secondary N) is 1. The fourth-order valence-electron chi connectivity index (χ4n) is 3.79. The molecular weight excluding hydrogens is 366 g/mol. The molecule has 1 fully saturated rings. The molecule has 0 spiro atoms. The lowest BCUT2D eigenvalue weighted by molar-refractivity contribution is 0.122. The van der Waals surface area contributed by atoms with E-state index in [1.54, 1.807) is 11.7 Å². The molecule has 0 bridgehead atoms. The maximum Gasteiger partial charge on any atom is 0.256 e. The first kappa shape index (κ1) is 19.3. The van der Waals surface area contributed by atoms with Crippen molar-refractivity contribution in [2.75, 3.05) is 43.6 Å². The summed E-state index contributed by atoms with van der Waals surface area (Å²) >= 11 is 0. The number of ether oxygens (including phenoxy) is 2. The fraction of sp³-hybridized carbons (Fsp3) is 0.348. The Hall–Kier alpha value is -2.99. The number of methoxy groups -OCH3 is 1. The zero-order chi connectivity index (χ0) is 20.2. The van der Waals surface area contributed by atoms with E-state index in [4.69, 9.17) is 9.47 Å². The first-order chi connectivity index (χ1) is 14.2. The van der Waals surface area contributed by atoms with Gasteiger partial charge in [-0.25, -0.2) is 0 Å². The first-order valence-corrected chi connectivity index (χ1v) is 10.1. The maximum absolute atomic E-state index is 13.0. The largest absolute Gasteiger partial charge is 0.497 e. The molecule has 6 nitrogen and oxygen atoms in total. The summed E-state index contributed by atoms with van der Waals surface area (Å²) in [7, 11) is 1.64. The molecule has 0 unspecified atom stereocenters. The second kappa shape index (κ2) is 8.57. The summed E-state index contributed by atoms with van der Waals surface area (Å²) in [5.41, 5.74) is 3.88. The summed E-state index contributed by atoms with van der Waals surface area (Å²) in [6.07, 6.45) is 0. The van der Waals surface area contributed by atoms with Gasteiger partial charge in [0.05, 0.1) is 25.8 Å². The van der Waals surface area contributed by atoms with Crippen LogP contribution in [0.5, 0.6) is 5.75 Å². The Labute approximate surface area is 170 Å². The van der Waals surface area contributed by atoms with E-state index < -0.39 is 0 Å². The van der Waals surface area contributed by atoms with Crippen LogP contribution in [0.15, 0.2) is 53.3 Å².